The van der Waals surface area contributed by atoms with Crippen molar-refractivity contribution in [2.75, 3.05) is 57.4 Å². The molecule has 1 amide bonds. The van der Waals surface area contributed by atoms with Crippen LogP contribution in [-0.4, -0.2) is 88.9 Å². The average molecular weight is 478 g/mol. The number of nitrogens with zero attached hydrogens (tertiary/aromatic N) is 6. The Kier molecular flexibility index (Phi) is 5.99. The summed E-state index contributed by atoms with van der Waals surface area (Å²) >= 11 is 0. The van der Waals surface area contributed by atoms with Crippen molar-refractivity contribution < 1.29 is 14.3 Å². The van der Waals surface area contributed by atoms with Crippen molar-refractivity contribution in [2.24, 2.45) is 13.0 Å². The van der Waals surface area contributed by atoms with E-state index in [1.54, 1.807) is 6.33 Å². The third-order valence-electron chi connectivity index (χ3n) is 7.31. The number of anilines is 1. The maximum absolute atomic E-state index is 11.5. The van der Waals surface area contributed by atoms with Crippen LogP contribution in [0.25, 0.3) is 22.3 Å². The molecule has 1 atom stereocenters. The molecule has 3 aromatic rings. The van der Waals surface area contributed by atoms with Crippen molar-refractivity contribution in [3.05, 3.63) is 30.7 Å². The molecule has 3 aliphatic rings. The Labute approximate surface area is 204 Å². The molecule has 10 heteroatoms. The first-order valence-corrected chi connectivity index (χ1v) is 12.4. The van der Waals surface area contributed by atoms with E-state index in [0.29, 0.717) is 30.9 Å². The summed E-state index contributed by atoms with van der Waals surface area (Å²) in [6.45, 7) is 6.99. The maximum Gasteiger partial charge on any atom is 0.240 e. The smallest absolute Gasteiger partial charge is 0.240 e. The lowest BCUT2D eigenvalue weighted by atomic mass is 10.1. The van der Waals surface area contributed by atoms with Gasteiger partial charge in [-0.3, -0.25) is 9.69 Å². The van der Waals surface area contributed by atoms with E-state index in [-0.39, 0.29) is 5.91 Å². The van der Waals surface area contributed by atoms with Gasteiger partial charge in [0.15, 0.2) is 0 Å². The number of imidazole rings is 1. The minimum atomic E-state index is 0.120. The number of carbonyl (C=O) groups excluding carboxylic acids is 1. The van der Waals surface area contributed by atoms with E-state index in [1.807, 2.05) is 23.9 Å². The summed E-state index contributed by atoms with van der Waals surface area (Å²) in [6, 6.07) is 6.73. The summed E-state index contributed by atoms with van der Waals surface area (Å²) < 4.78 is 13.4. The molecule has 3 aromatic heterocycles. The number of fused-ring (bicyclic) bond motifs is 1. The Morgan fingerprint density at radius 3 is 2.71 bits per heavy atom. The minimum absolute atomic E-state index is 0.120. The van der Waals surface area contributed by atoms with Gasteiger partial charge in [-0.15, -0.1) is 0 Å². The van der Waals surface area contributed by atoms with Gasteiger partial charge < -0.3 is 24.3 Å². The highest BCUT2D eigenvalue weighted by atomic mass is 16.5. The van der Waals surface area contributed by atoms with Crippen LogP contribution in [0.2, 0.25) is 0 Å². The second kappa shape index (κ2) is 9.43. The molecule has 3 aliphatic heterocycles. The molecule has 0 aromatic carbocycles. The Bertz CT molecular complexity index is 1200. The summed E-state index contributed by atoms with van der Waals surface area (Å²) in [7, 11) is 1.94. The van der Waals surface area contributed by atoms with Crippen molar-refractivity contribution in [1.29, 1.82) is 0 Å². The van der Waals surface area contributed by atoms with E-state index in [2.05, 4.69) is 32.2 Å². The molecule has 3 fully saturated rings. The van der Waals surface area contributed by atoms with Crippen molar-refractivity contribution in [3.8, 4) is 17.1 Å². The second-order valence-corrected chi connectivity index (χ2v) is 9.67. The number of nitrogens with one attached hydrogen (secondary N) is 1. The van der Waals surface area contributed by atoms with E-state index in [4.69, 9.17) is 19.4 Å². The van der Waals surface area contributed by atoms with Gasteiger partial charge in [0, 0.05) is 58.0 Å². The molecular formula is C25H31N7O3. The van der Waals surface area contributed by atoms with E-state index in [0.717, 1.165) is 80.5 Å². The zero-order valence-corrected chi connectivity index (χ0v) is 20.0. The fourth-order valence-corrected chi connectivity index (χ4v) is 5.05. The standard InChI is InChI=1S/C25H31N7O3/c1-30-16-28-21-11-20(29-25(24(21)30)35-9-4-17-10-23(33)27-12-17)18-2-3-22(26-13-18)32-7-5-31(6-8-32)19-14-34-15-19/h2-3,11,13,16-17,19H,4-10,12,14-15H2,1H3,(H,27,33)/t17-/m1/s1. The van der Waals surface area contributed by atoms with Gasteiger partial charge in [-0.25, -0.2) is 15.0 Å². The van der Waals surface area contributed by atoms with Crippen LogP contribution in [0, 0.1) is 5.92 Å². The quantitative estimate of drug-likeness (QED) is 0.546. The zero-order chi connectivity index (χ0) is 23.8. The van der Waals surface area contributed by atoms with Crippen LogP contribution in [0.1, 0.15) is 12.8 Å². The molecule has 0 radical (unpaired) electrons. The molecule has 1 N–H and O–H groups in total. The highest BCUT2D eigenvalue weighted by molar-refractivity contribution is 5.84. The zero-order valence-electron chi connectivity index (χ0n) is 20.0. The van der Waals surface area contributed by atoms with Gasteiger partial charge in [0.05, 0.1) is 43.4 Å². The molecule has 0 bridgehead atoms. The van der Waals surface area contributed by atoms with Gasteiger partial charge in [0.1, 0.15) is 11.3 Å². The van der Waals surface area contributed by atoms with E-state index >= 15 is 0 Å². The summed E-state index contributed by atoms with van der Waals surface area (Å²) in [5.74, 6) is 1.99. The number of pyridine rings is 2. The number of rotatable bonds is 7. The van der Waals surface area contributed by atoms with Gasteiger partial charge in [-0.05, 0) is 30.5 Å². The predicted molar refractivity (Wildman–Crippen MR) is 131 cm³/mol. The first-order chi connectivity index (χ1) is 17.1. The van der Waals surface area contributed by atoms with Crippen LogP contribution >= 0.6 is 0 Å². The van der Waals surface area contributed by atoms with E-state index in [9.17, 15) is 4.79 Å². The Morgan fingerprint density at radius 1 is 1.17 bits per heavy atom. The first-order valence-electron chi connectivity index (χ1n) is 12.4. The lowest BCUT2D eigenvalue weighted by Gasteiger charge is -2.42. The molecule has 6 rings (SSSR count). The molecule has 3 saturated heterocycles. The maximum atomic E-state index is 11.5. The second-order valence-electron chi connectivity index (χ2n) is 9.67. The van der Waals surface area contributed by atoms with Crippen molar-refractivity contribution in [2.45, 2.75) is 18.9 Å². The first kappa shape index (κ1) is 22.2. The number of hydrogen-bond acceptors (Lipinski definition) is 8. The Balaban J connectivity index is 1.16. The van der Waals surface area contributed by atoms with E-state index in [1.165, 1.54) is 0 Å². The lowest BCUT2D eigenvalue weighted by molar-refractivity contribution is -0.119. The Morgan fingerprint density at radius 2 is 2.03 bits per heavy atom. The SMILES string of the molecule is Cn1cnc2cc(-c3ccc(N4CCN(C5COC5)CC4)nc3)nc(OCC[C@H]3CNC(=O)C3)c21. The van der Waals surface area contributed by atoms with Gasteiger partial charge in [0.25, 0.3) is 0 Å². The van der Waals surface area contributed by atoms with Gasteiger partial charge in [-0.2, -0.15) is 0 Å². The third kappa shape index (κ3) is 4.55. The van der Waals surface area contributed by atoms with Crippen LogP contribution in [0.4, 0.5) is 5.82 Å². The lowest BCUT2D eigenvalue weighted by Crippen LogP contribution is -2.56. The molecule has 0 aliphatic carbocycles. The average Bonchev–Trinajstić information content (AvgIpc) is 3.43. The number of piperazine rings is 1. The van der Waals surface area contributed by atoms with Gasteiger partial charge in [0.2, 0.25) is 11.8 Å². The molecule has 0 saturated carbocycles. The number of carbonyl (C=O) groups is 1. The summed E-state index contributed by atoms with van der Waals surface area (Å²) in [4.78, 5) is 30.4. The number of hydrogen-bond donors (Lipinski definition) is 1. The molecule has 0 spiro atoms. The molecule has 6 heterocycles. The number of ether oxygens (including phenoxy) is 2. The largest absolute Gasteiger partial charge is 0.476 e. The van der Waals surface area contributed by atoms with Crippen LogP contribution in [0.15, 0.2) is 30.7 Å². The monoisotopic (exact) mass is 477 g/mol. The topological polar surface area (TPSA) is 97.6 Å². The van der Waals surface area contributed by atoms with Crippen LogP contribution in [-0.2, 0) is 16.6 Å². The van der Waals surface area contributed by atoms with Crippen molar-refractivity contribution >= 4 is 22.8 Å². The predicted octanol–water partition coefficient (Wildman–Crippen LogP) is 1.46. The number of aromatic nitrogens is 4. The molecule has 35 heavy (non-hydrogen) atoms. The Hall–Kier alpha value is -3.24. The fourth-order valence-electron chi connectivity index (χ4n) is 5.05. The molecule has 10 nitrogen and oxygen atoms in total. The molecule has 0 unspecified atom stereocenters. The number of amides is 1. The summed E-state index contributed by atoms with van der Waals surface area (Å²) in [5.41, 5.74) is 3.43. The summed E-state index contributed by atoms with van der Waals surface area (Å²) in [5, 5.41) is 2.88. The van der Waals surface area contributed by atoms with Gasteiger partial charge >= 0.3 is 0 Å². The van der Waals surface area contributed by atoms with Crippen LogP contribution in [0.3, 0.4) is 0 Å². The van der Waals surface area contributed by atoms with Crippen LogP contribution < -0.4 is 15.0 Å². The highest BCUT2D eigenvalue weighted by Crippen LogP contribution is 2.29. The summed E-state index contributed by atoms with van der Waals surface area (Å²) in [6.07, 6.45) is 5.04. The third-order valence-corrected chi connectivity index (χ3v) is 7.31. The number of aryl methyl sites for hydroxylation is 1. The molecular weight excluding hydrogens is 446 g/mol. The van der Waals surface area contributed by atoms with Crippen LogP contribution in [0.5, 0.6) is 5.88 Å². The van der Waals surface area contributed by atoms with E-state index < -0.39 is 0 Å². The minimum Gasteiger partial charge on any atom is -0.476 e. The fraction of sp³-hybridized carbons (Fsp3) is 0.520. The van der Waals surface area contributed by atoms with Crippen molar-refractivity contribution in [3.63, 3.8) is 0 Å². The molecule has 184 valence electrons. The van der Waals surface area contributed by atoms with Crippen molar-refractivity contribution in [1.82, 2.24) is 29.7 Å². The highest BCUT2D eigenvalue weighted by Gasteiger charge is 2.29. The van der Waals surface area contributed by atoms with Gasteiger partial charge in [-0.1, -0.05) is 0 Å². The normalized spacial score (nSPS) is 21.3.